The van der Waals surface area contributed by atoms with Gasteiger partial charge >= 0.3 is 6.18 Å². The molecule has 112 valence electrons. The maximum atomic E-state index is 12.9. The zero-order chi connectivity index (χ0) is 14.8. The van der Waals surface area contributed by atoms with Crippen LogP contribution in [-0.4, -0.2) is 37.3 Å². The molecule has 1 fully saturated rings. The van der Waals surface area contributed by atoms with Gasteiger partial charge in [0.1, 0.15) is 0 Å². The van der Waals surface area contributed by atoms with Gasteiger partial charge in [-0.25, -0.2) is 0 Å². The van der Waals surface area contributed by atoms with Gasteiger partial charge < -0.3 is 5.32 Å². The highest BCUT2D eigenvalue weighted by molar-refractivity contribution is 5.31. The molecule has 1 aliphatic rings. The second-order valence-electron chi connectivity index (χ2n) is 5.54. The minimum Gasteiger partial charge on any atom is -0.314 e. The first kappa shape index (κ1) is 15.3. The molecule has 1 aromatic carbocycles. The SMILES string of the molecule is Cc1cc(C)cc([C@@H](CC(F)(F)F)N2CCNCC2)c1. The summed E-state index contributed by atoms with van der Waals surface area (Å²) in [5.41, 5.74) is 2.81. The van der Waals surface area contributed by atoms with E-state index in [1.807, 2.05) is 36.9 Å². The lowest BCUT2D eigenvalue weighted by Crippen LogP contribution is -2.46. The fourth-order valence-electron chi connectivity index (χ4n) is 2.87. The standard InChI is InChI=1S/C15H21F3N2/c1-11-7-12(2)9-13(8-11)14(10-15(16,17)18)20-5-3-19-4-6-20/h7-9,14,19H,3-6,10H2,1-2H3/t14-/m1/s1. The minimum atomic E-state index is -4.15. The number of piperazine rings is 1. The average molecular weight is 286 g/mol. The maximum Gasteiger partial charge on any atom is 0.390 e. The lowest BCUT2D eigenvalue weighted by molar-refractivity contribution is -0.148. The second-order valence-corrected chi connectivity index (χ2v) is 5.54. The van der Waals surface area contributed by atoms with Gasteiger partial charge in [0.25, 0.3) is 0 Å². The molecule has 5 heteroatoms. The van der Waals surface area contributed by atoms with Crippen molar-refractivity contribution >= 4 is 0 Å². The predicted molar refractivity (Wildman–Crippen MR) is 73.8 cm³/mol. The number of nitrogens with one attached hydrogen (secondary N) is 1. The molecule has 0 spiro atoms. The maximum absolute atomic E-state index is 12.9. The van der Waals surface area contributed by atoms with E-state index in [0.717, 1.165) is 29.8 Å². The van der Waals surface area contributed by atoms with Crippen molar-refractivity contribution in [1.82, 2.24) is 10.2 Å². The van der Waals surface area contributed by atoms with Gasteiger partial charge in [0.2, 0.25) is 0 Å². The molecule has 1 heterocycles. The molecule has 0 radical (unpaired) electrons. The van der Waals surface area contributed by atoms with E-state index in [1.165, 1.54) is 0 Å². The van der Waals surface area contributed by atoms with Crippen LogP contribution in [0.25, 0.3) is 0 Å². The van der Waals surface area contributed by atoms with Crippen LogP contribution in [-0.2, 0) is 0 Å². The molecule has 2 nitrogen and oxygen atoms in total. The Morgan fingerprint density at radius 3 is 2.15 bits per heavy atom. The number of hydrogen-bond acceptors (Lipinski definition) is 2. The summed E-state index contributed by atoms with van der Waals surface area (Å²) >= 11 is 0. The fourth-order valence-corrected chi connectivity index (χ4v) is 2.87. The van der Waals surface area contributed by atoms with Crippen molar-refractivity contribution in [2.45, 2.75) is 32.5 Å². The Bertz CT molecular complexity index is 431. The zero-order valence-corrected chi connectivity index (χ0v) is 11.9. The molecule has 1 atom stereocenters. The molecule has 0 unspecified atom stereocenters. The van der Waals surface area contributed by atoms with E-state index in [0.29, 0.717) is 13.1 Å². The van der Waals surface area contributed by atoms with E-state index in [9.17, 15) is 13.2 Å². The number of alkyl halides is 3. The van der Waals surface area contributed by atoms with Crippen LogP contribution in [0.2, 0.25) is 0 Å². The van der Waals surface area contributed by atoms with Gasteiger partial charge in [0.05, 0.1) is 6.42 Å². The van der Waals surface area contributed by atoms with E-state index in [4.69, 9.17) is 0 Å². The third kappa shape index (κ3) is 4.21. The van der Waals surface area contributed by atoms with Gasteiger partial charge in [0, 0.05) is 32.2 Å². The van der Waals surface area contributed by atoms with Gasteiger partial charge in [-0.1, -0.05) is 29.3 Å². The Labute approximate surface area is 118 Å². The van der Waals surface area contributed by atoms with Gasteiger partial charge in [-0.3, -0.25) is 4.90 Å². The smallest absolute Gasteiger partial charge is 0.314 e. The van der Waals surface area contributed by atoms with Gasteiger partial charge in [-0.15, -0.1) is 0 Å². The third-order valence-electron chi connectivity index (χ3n) is 3.65. The monoisotopic (exact) mass is 286 g/mol. The Kier molecular flexibility index (Phi) is 4.70. The minimum absolute atomic E-state index is 0.573. The number of benzene rings is 1. The average Bonchev–Trinajstić information content (AvgIpc) is 2.35. The molecule has 2 rings (SSSR count). The predicted octanol–water partition coefficient (Wildman–Crippen LogP) is 3.20. The summed E-state index contributed by atoms with van der Waals surface area (Å²) in [7, 11) is 0. The number of halogens is 3. The van der Waals surface area contributed by atoms with Gasteiger partial charge in [-0.05, 0) is 19.4 Å². The van der Waals surface area contributed by atoms with E-state index in [2.05, 4.69) is 5.32 Å². The van der Waals surface area contributed by atoms with Gasteiger partial charge in [0.15, 0.2) is 0 Å². The lowest BCUT2D eigenvalue weighted by atomic mass is 9.97. The van der Waals surface area contributed by atoms with Crippen LogP contribution in [0.3, 0.4) is 0 Å². The summed E-state index contributed by atoms with van der Waals surface area (Å²) in [5, 5.41) is 3.18. The van der Waals surface area contributed by atoms with E-state index >= 15 is 0 Å². The van der Waals surface area contributed by atoms with Crippen molar-refractivity contribution in [2.75, 3.05) is 26.2 Å². The Balaban J connectivity index is 2.29. The first-order valence-corrected chi connectivity index (χ1v) is 6.95. The highest BCUT2D eigenvalue weighted by atomic mass is 19.4. The van der Waals surface area contributed by atoms with Crippen molar-refractivity contribution < 1.29 is 13.2 Å². The van der Waals surface area contributed by atoms with Crippen LogP contribution in [0.4, 0.5) is 13.2 Å². The Morgan fingerprint density at radius 2 is 1.65 bits per heavy atom. The van der Waals surface area contributed by atoms with Crippen molar-refractivity contribution in [3.05, 3.63) is 34.9 Å². The van der Waals surface area contributed by atoms with Gasteiger partial charge in [-0.2, -0.15) is 13.2 Å². The van der Waals surface area contributed by atoms with E-state index < -0.39 is 18.6 Å². The quantitative estimate of drug-likeness (QED) is 0.918. The normalized spacial score (nSPS) is 19.1. The number of hydrogen-bond donors (Lipinski definition) is 1. The molecular formula is C15H21F3N2. The molecule has 0 amide bonds. The first-order chi connectivity index (χ1) is 9.35. The van der Waals surface area contributed by atoms with Crippen LogP contribution < -0.4 is 5.32 Å². The zero-order valence-electron chi connectivity index (χ0n) is 11.9. The van der Waals surface area contributed by atoms with Crippen molar-refractivity contribution in [2.24, 2.45) is 0 Å². The Morgan fingerprint density at radius 1 is 1.10 bits per heavy atom. The molecule has 1 aromatic rings. The third-order valence-corrected chi connectivity index (χ3v) is 3.65. The molecular weight excluding hydrogens is 265 g/mol. The van der Waals surface area contributed by atoms with Crippen molar-refractivity contribution in [1.29, 1.82) is 0 Å². The van der Waals surface area contributed by atoms with Crippen LogP contribution in [0, 0.1) is 13.8 Å². The molecule has 1 N–H and O–H groups in total. The summed E-state index contributed by atoms with van der Waals surface area (Å²) in [5.74, 6) is 0. The number of aryl methyl sites for hydroxylation is 2. The first-order valence-electron chi connectivity index (χ1n) is 6.95. The van der Waals surface area contributed by atoms with Crippen LogP contribution in [0.1, 0.15) is 29.2 Å². The largest absolute Gasteiger partial charge is 0.390 e. The van der Waals surface area contributed by atoms with Crippen molar-refractivity contribution in [3.8, 4) is 0 Å². The number of nitrogens with zero attached hydrogens (tertiary/aromatic N) is 1. The molecule has 0 aromatic heterocycles. The molecule has 1 aliphatic heterocycles. The topological polar surface area (TPSA) is 15.3 Å². The molecule has 0 bridgehead atoms. The van der Waals surface area contributed by atoms with Crippen molar-refractivity contribution in [3.63, 3.8) is 0 Å². The highest BCUT2D eigenvalue weighted by Crippen LogP contribution is 2.34. The molecule has 0 aliphatic carbocycles. The van der Waals surface area contributed by atoms with E-state index in [-0.39, 0.29) is 0 Å². The van der Waals surface area contributed by atoms with E-state index in [1.54, 1.807) is 0 Å². The summed E-state index contributed by atoms with van der Waals surface area (Å²) in [6.07, 6.45) is -4.93. The van der Waals surface area contributed by atoms with Crippen LogP contribution in [0.5, 0.6) is 0 Å². The molecule has 20 heavy (non-hydrogen) atoms. The lowest BCUT2D eigenvalue weighted by Gasteiger charge is -2.36. The summed E-state index contributed by atoms with van der Waals surface area (Å²) < 4.78 is 38.7. The highest BCUT2D eigenvalue weighted by Gasteiger charge is 2.36. The van der Waals surface area contributed by atoms with Crippen LogP contribution in [0.15, 0.2) is 18.2 Å². The second kappa shape index (κ2) is 6.14. The summed E-state index contributed by atoms with van der Waals surface area (Å²) in [6.45, 7) is 6.68. The summed E-state index contributed by atoms with van der Waals surface area (Å²) in [6, 6.07) is 5.18. The molecule has 0 saturated carbocycles. The fraction of sp³-hybridized carbons (Fsp3) is 0.600. The Hall–Kier alpha value is -1.07. The number of rotatable bonds is 3. The molecule has 1 saturated heterocycles. The summed E-state index contributed by atoms with van der Waals surface area (Å²) in [4.78, 5) is 1.94. The van der Waals surface area contributed by atoms with Crippen LogP contribution >= 0.6 is 0 Å².